The quantitative estimate of drug-likeness (QED) is 0.418. The molecule has 11 heavy (non-hydrogen) atoms. The highest BCUT2D eigenvalue weighted by molar-refractivity contribution is 4.83. The van der Waals surface area contributed by atoms with Gasteiger partial charge in [0.05, 0.1) is 0 Å². The van der Waals surface area contributed by atoms with Crippen molar-refractivity contribution in [1.82, 2.24) is 0 Å². The van der Waals surface area contributed by atoms with Crippen LogP contribution in [0.2, 0.25) is 0 Å². The van der Waals surface area contributed by atoms with Crippen LogP contribution in [0.1, 0.15) is 46.5 Å². The molecule has 0 heteroatoms. The molecule has 0 saturated heterocycles. The average Bonchev–Trinajstić information content (AvgIpc) is 1.86. The average molecular weight is 152 g/mol. The van der Waals surface area contributed by atoms with Crippen molar-refractivity contribution in [2.24, 2.45) is 11.8 Å². The molecular formula is C11H20. The lowest BCUT2D eigenvalue weighted by molar-refractivity contribution is 0.408. The third kappa shape index (κ3) is 7.46. The van der Waals surface area contributed by atoms with E-state index in [4.69, 9.17) is 6.42 Å². The van der Waals surface area contributed by atoms with Crippen LogP contribution in [-0.4, -0.2) is 0 Å². The van der Waals surface area contributed by atoms with Crippen LogP contribution in [0.3, 0.4) is 0 Å². The minimum absolute atomic E-state index is 0.829. The SMILES string of the molecule is C#CCCCC(C)CC(C)C. The third-order valence-corrected chi connectivity index (χ3v) is 1.89. The van der Waals surface area contributed by atoms with E-state index in [9.17, 15) is 0 Å². The van der Waals surface area contributed by atoms with E-state index < -0.39 is 0 Å². The van der Waals surface area contributed by atoms with Crippen LogP contribution in [0, 0.1) is 24.2 Å². The van der Waals surface area contributed by atoms with Crippen LogP contribution in [0.25, 0.3) is 0 Å². The van der Waals surface area contributed by atoms with E-state index in [0.717, 1.165) is 18.3 Å². The Hall–Kier alpha value is -0.440. The third-order valence-electron chi connectivity index (χ3n) is 1.89. The summed E-state index contributed by atoms with van der Waals surface area (Å²) in [6.45, 7) is 6.87. The Morgan fingerprint density at radius 2 is 1.91 bits per heavy atom. The van der Waals surface area contributed by atoms with Gasteiger partial charge in [-0.1, -0.05) is 20.8 Å². The maximum Gasteiger partial charge on any atom is 0.00861 e. The van der Waals surface area contributed by atoms with Crippen molar-refractivity contribution in [3.8, 4) is 12.3 Å². The molecular weight excluding hydrogens is 132 g/mol. The molecule has 0 heterocycles. The van der Waals surface area contributed by atoms with Crippen molar-refractivity contribution < 1.29 is 0 Å². The number of hydrogen-bond acceptors (Lipinski definition) is 0. The Morgan fingerprint density at radius 1 is 1.27 bits per heavy atom. The zero-order valence-electron chi connectivity index (χ0n) is 8.06. The van der Waals surface area contributed by atoms with Crippen molar-refractivity contribution in [3.05, 3.63) is 0 Å². The van der Waals surface area contributed by atoms with Gasteiger partial charge < -0.3 is 0 Å². The van der Waals surface area contributed by atoms with E-state index in [2.05, 4.69) is 26.7 Å². The molecule has 0 amide bonds. The maximum absolute atomic E-state index is 5.17. The van der Waals surface area contributed by atoms with Crippen molar-refractivity contribution in [3.63, 3.8) is 0 Å². The zero-order valence-corrected chi connectivity index (χ0v) is 8.06. The van der Waals surface area contributed by atoms with Gasteiger partial charge in [0, 0.05) is 6.42 Å². The maximum atomic E-state index is 5.17. The largest absolute Gasteiger partial charge is 0.120 e. The highest BCUT2D eigenvalue weighted by Crippen LogP contribution is 2.16. The number of terminal acetylenes is 1. The van der Waals surface area contributed by atoms with Gasteiger partial charge in [0.25, 0.3) is 0 Å². The summed E-state index contributed by atoms with van der Waals surface area (Å²) in [5.74, 6) is 4.36. The first-order valence-electron chi connectivity index (χ1n) is 4.60. The molecule has 1 unspecified atom stereocenters. The van der Waals surface area contributed by atoms with Crippen molar-refractivity contribution in [1.29, 1.82) is 0 Å². The lowest BCUT2D eigenvalue weighted by atomic mass is 9.94. The Morgan fingerprint density at radius 3 is 2.36 bits per heavy atom. The van der Waals surface area contributed by atoms with E-state index >= 15 is 0 Å². The molecule has 0 radical (unpaired) electrons. The second-order valence-corrected chi connectivity index (χ2v) is 3.83. The molecule has 0 aliphatic heterocycles. The fourth-order valence-electron chi connectivity index (χ4n) is 1.48. The second kappa shape index (κ2) is 6.28. The van der Waals surface area contributed by atoms with Gasteiger partial charge >= 0.3 is 0 Å². The molecule has 0 fully saturated rings. The Balaban J connectivity index is 3.24. The number of unbranched alkanes of at least 4 members (excludes halogenated alkanes) is 1. The smallest absolute Gasteiger partial charge is 0.00861 e. The summed E-state index contributed by atoms with van der Waals surface area (Å²) in [7, 11) is 0. The highest BCUT2D eigenvalue weighted by Gasteiger charge is 2.03. The monoisotopic (exact) mass is 152 g/mol. The minimum atomic E-state index is 0.829. The fourth-order valence-corrected chi connectivity index (χ4v) is 1.48. The predicted octanol–water partition coefficient (Wildman–Crippen LogP) is 3.47. The number of hydrogen-bond donors (Lipinski definition) is 0. The summed E-state index contributed by atoms with van der Waals surface area (Å²) in [5, 5.41) is 0. The van der Waals surface area contributed by atoms with Gasteiger partial charge in [-0.05, 0) is 31.1 Å². The van der Waals surface area contributed by atoms with E-state index in [1.54, 1.807) is 0 Å². The van der Waals surface area contributed by atoms with Gasteiger partial charge in [0.15, 0.2) is 0 Å². The van der Waals surface area contributed by atoms with E-state index in [1.807, 2.05) is 0 Å². The summed E-state index contributed by atoms with van der Waals surface area (Å²) in [4.78, 5) is 0. The van der Waals surface area contributed by atoms with Crippen LogP contribution in [0.4, 0.5) is 0 Å². The fraction of sp³-hybridized carbons (Fsp3) is 0.818. The number of rotatable bonds is 5. The molecule has 0 bridgehead atoms. The van der Waals surface area contributed by atoms with Gasteiger partial charge in [-0.15, -0.1) is 12.3 Å². The summed E-state index contributed by atoms with van der Waals surface area (Å²) in [6.07, 6.45) is 9.94. The van der Waals surface area contributed by atoms with Crippen LogP contribution >= 0.6 is 0 Å². The van der Waals surface area contributed by atoms with Crippen LogP contribution in [0.5, 0.6) is 0 Å². The molecule has 0 N–H and O–H groups in total. The van der Waals surface area contributed by atoms with Crippen LogP contribution in [0.15, 0.2) is 0 Å². The van der Waals surface area contributed by atoms with E-state index in [1.165, 1.54) is 19.3 Å². The van der Waals surface area contributed by atoms with Gasteiger partial charge in [-0.25, -0.2) is 0 Å². The topological polar surface area (TPSA) is 0 Å². The van der Waals surface area contributed by atoms with Crippen molar-refractivity contribution in [2.75, 3.05) is 0 Å². The molecule has 0 aromatic rings. The van der Waals surface area contributed by atoms with Crippen LogP contribution < -0.4 is 0 Å². The van der Waals surface area contributed by atoms with E-state index in [-0.39, 0.29) is 0 Å². The van der Waals surface area contributed by atoms with E-state index in [0.29, 0.717) is 0 Å². The van der Waals surface area contributed by atoms with Crippen molar-refractivity contribution in [2.45, 2.75) is 46.5 Å². The van der Waals surface area contributed by atoms with Gasteiger partial charge in [-0.3, -0.25) is 0 Å². The summed E-state index contributed by atoms with van der Waals surface area (Å²) < 4.78 is 0. The molecule has 64 valence electrons. The summed E-state index contributed by atoms with van der Waals surface area (Å²) >= 11 is 0. The minimum Gasteiger partial charge on any atom is -0.120 e. The molecule has 1 atom stereocenters. The standard InChI is InChI=1S/C11H20/c1-5-6-7-8-11(4)9-10(2)3/h1,10-11H,6-9H2,2-4H3. The first kappa shape index (κ1) is 10.6. The zero-order chi connectivity index (χ0) is 8.69. The van der Waals surface area contributed by atoms with Gasteiger partial charge in [-0.2, -0.15) is 0 Å². The molecule has 0 spiro atoms. The first-order valence-corrected chi connectivity index (χ1v) is 4.60. The molecule has 0 rings (SSSR count). The molecule has 0 aliphatic carbocycles. The molecule has 0 nitrogen and oxygen atoms in total. The molecule has 0 aliphatic rings. The van der Waals surface area contributed by atoms with Crippen molar-refractivity contribution >= 4 is 0 Å². The predicted molar refractivity (Wildman–Crippen MR) is 51.3 cm³/mol. The van der Waals surface area contributed by atoms with Gasteiger partial charge in [0.1, 0.15) is 0 Å². The summed E-state index contributed by atoms with van der Waals surface area (Å²) in [5.41, 5.74) is 0. The Labute approximate surface area is 71.4 Å². The van der Waals surface area contributed by atoms with Crippen LogP contribution in [-0.2, 0) is 0 Å². The molecule has 0 saturated carbocycles. The second-order valence-electron chi connectivity index (χ2n) is 3.83. The highest BCUT2D eigenvalue weighted by atomic mass is 14.1. The van der Waals surface area contributed by atoms with Gasteiger partial charge in [0.2, 0.25) is 0 Å². The Kier molecular flexibility index (Phi) is 6.03. The Bertz CT molecular complexity index is 116. The molecule has 0 aromatic carbocycles. The normalized spacial score (nSPS) is 13.0. The summed E-state index contributed by atoms with van der Waals surface area (Å²) in [6, 6.07) is 0. The molecule has 0 aromatic heterocycles. The first-order chi connectivity index (χ1) is 5.16. The lowest BCUT2D eigenvalue weighted by Crippen LogP contribution is -1.99. The lowest BCUT2D eigenvalue weighted by Gasteiger charge is -2.12.